The van der Waals surface area contributed by atoms with Gasteiger partial charge in [0.05, 0.1) is 0 Å². The van der Waals surface area contributed by atoms with Crippen LogP contribution in [-0.4, -0.2) is 13.1 Å². The monoisotopic (exact) mass is 249 g/mol. The number of benzene rings is 2. The SMILES string of the molecule is Cc1cccc(C(=C2CCNC2)c2ccccc2)c1. The Morgan fingerprint density at radius 2 is 1.74 bits per heavy atom. The largest absolute Gasteiger partial charge is 0.313 e. The maximum atomic E-state index is 3.45. The molecule has 0 aliphatic carbocycles. The molecule has 1 heterocycles. The molecule has 0 saturated carbocycles. The van der Waals surface area contributed by atoms with Crippen molar-refractivity contribution in [3.8, 4) is 0 Å². The third kappa shape index (κ3) is 2.61. The van der Waals surface area contributed by atoms with Crippen molar-refractivity contribution in [3.05, 3.63) is 76.9 Å². The van der Waals surface area contributed by atoms with Crippen LogP contribution in [0.25, 0.3) is 5.57 Å². The van der Waals surface area contributed by atoms with Gasteiger partial charge in [0.15, 0.2) is 0 Å². The normalized spacial score (nSPS) is 17.5. The molecule has 0 atom stereocenters. The summed E-state index contributed by atoms with van der Waals surface area (Å²) in [5.74, 6) is 0. The highest BCUT2D eigenvalue weighted by Crippen LogP contribution is 2.29. The molecule has 2 aromatic carbocycles. The molecule has 0 radical (unpaired) electrons. The first-order valence-corrected chi connectivity index (χ1v) is 6.90. The Morgan fingerprint density at radius 1 is 0.947 bits per heavy atom. The van der Waals surface area contributed by atoms with Crippen molar-refractivity contribution in [2.45, 2.75) is 13.3 Å². The van der Waals surface area contributed by atoms with Gasteiger partial charge in [-0.3, -0.25) is 0 Å². The van der Waals surface area contributed by atoms with Gasteiger partial charge in [0.2, 0.25) is 0 Å². The number of rotatable bonds is 2. The predicted octanol–water partition coefficient (Wildman–Crippen LogP) is 3.79. The van der Waals surface area contributed by atoms with Crippen LogP contribution in [-0.2, 0) is 0 Å². The molecular weight excluding hydrogens is 230 g/mol. The van der Waals surface area contributed by atoms with Gasteiger partial charge in [-0.1, -0.05) is 60.2 Å². The highest BCUT2D eigenvalue weighted by molar-refractivity contribution is 5.82. The van der Waals surface area contributed by atoms with Crippen LogP contribution in [0.4, 0.5) is 0 Å². The second kappa shape index (κ2) is 5.41. The van der Waals surface area contributed by atoms with Crippen LogP contribution < -0.4 is 5.32 Å². The summed E-state index contributed by atoms with van der Waals surface area (Å²) >= 11 is 0. The topological polar surface area (TPSA) is 12.0 Å². The maximum Gasteiger partial charge on any atom is 0.0174 e. The van der Waals surface area contributed by atoms with Crippen LogP contribution in [0.3, 0.4) is 0 Å². The van der Waals surface area contributed by atoms with Gasteiger partial charge in [-0.25, -0.2) is 0 Å². The molecule has 0 unspecified atom stereocenters. The molecule has 1 aliphatic heterocycles. The molecule has 96 valence electrons. The van der Waals surface area contributed by atoms with Crippen LogP contribution in [0.2, 0.25) is 0 Å². The van der Waals surface area contributed by atoms with Crippen molar-refractivity contribution in [2.24, 2.45) is 0 Å². The molecule has 1 nitrogen and oxygen atoms in total. The Labute approximate surface area is 115 Å². The fourth-order valence-corrected chi connectivity index (χ4v) is 2.76. The van der Waals surface area contributed by atoms with Crippen molar-refractivity contribution in [2.75, 3.05) is 13.1 Å². The van der Waals surface area contributed by atoms with E-state index in [-0.39, 0.29) is 0 Å². The minimum Gasteiger partial charge on any atom is -0.313 e. The highest BCUT2D eigenvalue weighted by atomic mass is 14.9. The van der Waals surface area contributed by atoms with Crippen LogP contribution in [0.15, 0.2) is 60.2 Å². The molecule has 1 heteroatoms. The van der Waals surface area contributed by atoms with E-state index in [4.69, 9.17) is 0 Å². The lowest BCUT2D eigenvalue weighted by atomic mass is 9.92. The molecule has 19 heavy (non-hydrogen) atoms. The number of hydrogen-bond donors (Lipinski definition) is 1. The lowest BCUT2D eigenvalue weighted by Gasteiger charge is -2.13. The number of aryl methyl sites for hydroxylation is 1. The second-order valence-electron chi connectivity index (χ2n) is 5.14. The fraction of sp³-hybridized carbons (Fsp3) is 0.222. The van der Waals surface area contributed by atoms with E-state index < -0.39 is 0 Å². The average molecular weight is 249 g/mol. The van der Waals surface area contributed by atoms with Crippen LogP contribution >= 0.6 is 0 Å². The van der Waals surface area contributed by atoms with Crippen LogP contribution in [0.5, 0.6) is 0 Å². The van der Waals surface area contributed by atoms with Gasteiger partial charge in [0, 0.05) is 6.54 Å². The molecule has 1 saturated heterocycles. The van der Waals surface area contributed by atoms with E-state index in [0.717, 1.165) is 19.5 Å². The molecule has 0 amide bonds. The molecule has 3 rings (SSSR count). The van der Waals surface area contributed by atoms with Gasteiger partial charge in [0.25, 0.3) is 0 Å². The van der Waals surface area contributed by atoms with Gasteiger partial charge < -0.3 is 5.32 Å². The second-order valence-corrected chi connectivity index (χ2v) is 5.14. The van der Waals surface area contributed by atoms with E-state index >= 15 is 0 Å². The summed E-state index contributed by atoms with van der Waals surface area (Å²) in [7, 11) is 0. The zero-order valence-electron chi connectivity index (χ0n) is 11.3. The van der Waals surface area contributed by atoms with Gasteiger partial charge in [-0.2, -0.15) is 0 Å². The number of hydrogen-bond acceptors (Lipinski definition) is 1. The first-order chi connectivity index (χ1) is 9.34. The maximum absolute atomic E-state index is 3.45. The van der Waals surface area contributed by atoms with Crippen molar-refractivity contribution < 1.29 is 0 Å². The van der Waals surface area contributed by atoms with Gasteiger partial charge in [-0.05, 0) is 42.2 Å². The quantitative estimate of drug-likeness (QED) is 0.854. The van der Waals surface area contributed by atoms with Gasteiger partial charge in [-0.15, -0.1) is 0 Å². The third-order valence-corrected chi connectivity index (χ3v) is 3.66. The van der Waals surface area contributed by atoms with E-state index in [1.54, 1.807) is 0 Å². The summed E-state index contributed by atoms with van der Waals surface area (Å²) in [6, 6.07) is 19.6. The van der Waals surface area contributed by atoms with E-state index in [1.807, 2.05) is 0 Å². The first-order valence-electron chi connectivity index (χ1n) is 6.90. The van der Waals surface area contributed by atoms with E-state index in [9.17, 15) is 0 Å². The van der Waals surface area contributed by atoms with Crippen molar-refractivity contribution in [3.63, 3.8) is 0 Å². The molecule has 0 spiro atoms. The summed E-state index contributed by atoms with van der Waals surface area (Å²) in [6.45, 7) is 4.26. The van der Waals surface area contributed by atoms with Crippen molar-refractivity contribution >= 4 is 5.57 Å². The van der Waals surface area contributed by atoms with Crippen LogP contribution in [0.1, 0.15) is 23.1 Å². The molecule has 0 bridgehead atoms. The summed E-state index contributed by atoms with van der Waals surface area (Å²) in [5, 5.41) is 3.45. The van der Waals surface area contributed by atoms with Crippen LogP contribution in [0, 0.1) is 6.92 Å². The third-order valence-electron chi connectivity index (χ3n) is 3.66. The Kier molecular flexibility index (Phi) is 3.47. The van der Waals surface area contributed by atoms with E-state index in [1.165, 1.54) is 27.8 Å². The molecule has 2 aromatic rings. The minimum absolute atomic E-state index is 1.01. The molecule has 1 N–H and O–H groups in total. The Morgan fingerprint density at radius 3 is 2.42 bits per heavy atom. The minimum atomic E-state index is 1.01. The highest BCUT2D eigenvalue weighted by Gasteiger charge is 2.15. The summed E-state index contributed by atoms with van der Waals surface area (Å²) in [6.07, 6.45) is 1.15. The Balaban J connectivity index is 2.15. The standard InChI is InChI=1S/C18H19N/c1-14-6-5-9-16(12-14)18(17-10-11-19-13-17)15-7-3-2-4-8-15/h2-9,12,19H,10-11,13H2,1H3. The Bertz CT molecular complexity index is 588. The zero-order chi connectivity index (χ0) is 13.1. The Hall–Kier alpha value is -1.86. The summed E-state index contributed by atoms with van der Waals surface area (Å²) in [5.41, 5.74) is 6.92. The average Bonchev–Trinajstić information content (AvgIpc) is 2.94. The smallest absolute Gasteiger partial charge is 0.0174 e. The fourth-order valence-electron chi connectivity index (χ4n) is 2.76. The number of nitrogens with one attached hydrogen (secondary N) is 1. The first kappa shape index (κ1) is 12.2. The van der Waals surface area contributed by atoms with Crippen molar-refractivity contribution in [1.29, 1.82) is 0 Å². The summed E-state index contributed by atoms with van der Waals surface area (Å²) < 4.78 is 0. The van der Waals surface area contributed by atoms with Gasteiger partial charge in [0.1, 0.15) is 0 Å². The van der Waals surface area contributed by atoms with Crippen molar-refractivity contribution in [1.82, 2.24) is 5.32 Å². The molecule has 0 aromatic heterocycles. The van der Waals surface area contributed by atoms with E-state index in [0.29, 0.717) is 0 Å². The van der Waals surface area contributed by atoms with Gasteiger partial charge >= 0.3 is 0 Å². The lowest BCUT2D eigenvalue weighted by Crippen LogP contribution is -2.05. The summed E-state index contributed by atoms with van der Waals surface area (Å²) in [4.78, 5) is 0. The molecule has 1 aliphatic rings. The lowest BCUT2D eigenvalue weighted by molar-refractivity contribution is 0.862. The molecule has 1 fully saturated rings. The van der Waals surface area contributed by atoms with E-state index in [2.05, 4.69) is 66.8 Å². The molecular formula is C18H19N. The predicted molar refractivity (Wildman–Crippen MR) is 81.1 cm³/mol. The zero-order valence-corrected chi connectivity index (χ0v) is 11.3.